The molecule has 1 aliphatic rings. The van der Waals surface area contributed by atoms with Gasteiger partial charge in [-0.2, -0.15) is 0 Å². The second-order valence-electron chi connectivity index (χ2n) is 5.34. The molecule has 0 saturated carbocycles. The first-order valence-corrected chi connectivity index (χ1v) is 6.92. The molecular formula is C17H18FNO. The van der Waals surface area contributed by atoms with Gasteiger partial charge in [0.25, 0.3) is 0 Å². The number of benzene rings is 2. The fraction of sp³-hybridized carbons (Fsp3) is 0.294. The van der Waals surface area contributed by atoms with Gasteiger partial charge in [0.15, 0.2) is 0 Å². The van der Waals surface area contributed by atoms with Gasteiger partial charge >= 0.3 is 0 Å². The highest BCUT2D eigenvalue weighted by Gasteiger charge is 2.19. The van der Waals surface area contributed by atoms with E-state index in [4.69, 9.17) is 4.74 Å². The van der Waals surface area contributed by atoms with E-state index < -0.39 is 0 Å². The van der Waals surface area contributed by atoms with E-state index in [0.717, 1.165) is 30.9 Å². The fourth-order valence-corrected chi connectivity index (χ4v) is 2.69. The minimum absolute atomic E-state index is 0.132. The molecule has 0 amide bonds. The molecule has 1 aliphatic heterocycles. The van der Waals surface area contributed by atoms with Crippen molar-refractivity contribution in [3.8, 4) is 5.75 Å². The minimum atomic E-state index is -0.179. The minimum Gasteiger partial charge on any atom is -0.489 e. The smallest absolute Gasteiger partial charge is 0.124 e. The van der Waals surface area contributed by atoms with Crippen LogP contribution in [-0.2, 0) is 13.1 Å². The Balaban J connectivity index is 1.80. The van der Waals surface area contributed by atoms with Crippen LogP contribution in [-0.4, -0.2) is 17.5 Å². The van der Waals surface area contributed by atoms with Crippen LogP contribution in [0, 0.1) is 5.82 Å². The summed E-state index contributed by atoms with van der Waals surface area (Å²) in [7, 11) is 0. The number of ether oxygens (including phenoxy) is 1. The van der Waals surface area contributed by atoms with Gasteiger partial charge in [0, 0.05) is 25.2 Å². The zero-order chi connectivity index (χ0) is 13.9. The Labute approximate surface area is 118 Å². The summed E-state index contributed by atoms with van der Waals surface area (Å²) in [5.41, 5.74) is 2.19. The van der Waals surface area contributed by atoms with Gasteiger partial charge < -0.3 is 4.74 Å². The third-order valence-electron chi connectivity index (χ3n) is 3.51. The maximum Gasteiger partial charge on any atom is 0.124 e. The average Bonchev–Trinajstić information content (AvgIpc) is 2.56. The third kappa shape index (κ3) is 2.99. The summed E-state index contributed by atoms with van der Waals surface area (Å²) in [5, 5.41) is 0. The van der Waals surface area contributed by atoms with Crippen molar-refractivity contribution in [2.75, 3.05) is 6.54 Å². The lowest BCUT2D eigenvalue weighted by atomic mass is 10.1. The Morgan fingerprint density at radius 1 is 1.20 bits per heavy atom. The summed E-state index contributed by atoms with van der Waals surface area (Å²) in [6.07, 6.45) is 0.132. The number of fused-ring (bicyclic) bond motifs is 1. The summed E-state index contributed by atoms with van der Waals surface area (Å²) < 4.78 is 19.2. The molecule has 104 valence electrons. The molecule has 0 aromatic heterocycles. The molecule has 0 saturated heterocycles. The molecule has 0 spiro atoms. The average molecular weight is 271 g/mol. The lowest BCUT2D eigenvalue weighted by Gasteiger charge is -2.21. The summed E-state index contributed by atoms with van der Waals surface area (Å²) in [5.74, 6) is 0.781. The molecular weight excluding hydrogens is 253 g/mol. The lowest BCUT2D eigenvalue weighted by molar-refractivity contribution is 0.156. The van der Waals surface area contributed by atoms with E-state index in [-0.39, 0.29) is 11.9 Å². The van der Waals surface area contributed by atoms with Crippen LogP contribution < -0.4 is 4.74 Å². The predicted octanol–water partition coefficient (Wildman–Crippen LogP) is 3.61. The molecule has 2 aromatic carbocycles. The van der Waals surface area contributed by atoms with Crippen molar-refractivity contribution in [2.24, 2.45) is 0 Å². The van der Waals surface area contributed by atoms with Crippen LogP contribution in [0.5, 0.6) is 5.75 Å². The number of rotatable bonds is 2. The van der Waals surface area contributed by atoms with Gasteiger partial charge in [-0.05, 0) is 30.7 Å². The van der Waals surface area contributed by atoms with Gasteiger partial charge in [-0.25, -0.2) is 4.39 Å². The Morgan fingerprint density at radius 2 is 2.05 bits per heavy atom. The van der Waals surface area contributed by atoms with Crippen molar-refractivity contribution in [3.05, 3.63) is 65.5 Å². The van der Waals surface area contributed by atoms with Crippen LogP contribution in [0.15, 0.2) is 48.5 Å². The molecule has 0 fully saturated rings. The van der Waals surface area contributed by atoms with Gasteiger partial charge in [-0.3, -0.25) is 4.90 Å². The molecule has 3 heteroatoms. The highest BCUT2D eigenvalue weighted by atomic mass is 19.1. The third-order valence-corrected chi connectivity index (χ3v) is 3.51. The number of nitrogens with zero attached hydrogens (tertiary/aromatic N) is 1. The van der Waals surface area contributed by atoms with Crippen LogP contribution in [0.4, 0.5) is 4.39 Å². The van der Waals surface area contributed by atoms with Crippen molar-refractivity contribution in [2.45, 2.75) is 26.1 Å². The monoisotopic (exact) mass is 271 g/mol. The molecule has 2 aromatic rings. The summed E-state index contributed by atoms with van der Waals surface area (Å²) in [6.45, 7) is 4.47. The largest absolute Gasteiger partial charge is 0.489 e. The maximum absolute atomic E-state index is 13.3. The van der Waals surface area contributed by atoms with Crippen LogP contribution in [0.25, 0.3) is 0 Å². The van der Waals surface area contributed by atoms with E-state index in [9.17, 15) is 4.39 Å². The first-order valence-electron chi connectivity index (χ1n) is 6.92. The van der Waals surface area contributed by atoms with Crippen LogP contribution in [0.3, 0.4) is 0 Å². The quantitative estimate of drug-likeness (QED) is 0.827. The first-order chi connectivity index (χ1) is 9.70. The van der Waals surface area contributed by atoms with Crippen LogP contribution in [0.2, 0.25) is 0 Å². The van der Waals surface area contributed by atoms with Gasteiger partial charge in [-0.15, -0.1) is 0 Å². The molecule has 0 N–H and O–H groups in total. The normalized spacial score (nSPS) is 19.0. The second kappa shape index (κ2) is 5.63. The standard InChI is InChI=1S/C17H18FNO/c1-13-10-19(11-14-5-4-7-16(18)9-14)12-15-6-2-3-8-17(15)20-13/h2-9,13H,10-12H2,1H3/t13-/m1/s1. The summed E-state index contributed by atoms with van der Waals surface area (Å²) in [6, 6.07) is 14.9. The summed E-state index contributed by atoms with van der Waals surface area (Å²) in [4.78, 5) is 2.30. The van der Waals surface area contributed by atoms with Crippen molar-refractivity contribution >= 4 is 0 Å². The molecule has 0 bridgehead atoms. The highest BCUT2D eigenvalue weighted by Crippen LogP contribution is 2.25. The molecule has 0 unspecified atom stereocenters. The Kier molecular flexibility index (Phi) is 3.70. The van der Waals surface area contributed by atoms with Crippen molar-refractivity contribution < 1.29 is 9.13 Å². The van der Waals surface area contributed by atoms with Crippen molar-refractivity contribution in [3.63, 3.8) is 0 Å². The summed E-state index contributed by atoms with van der Waals surface area (Å²) >= 11 is 0. The van der Waals surface area contributed by atoms with E-state index in [1.807, 2.05) is 24.3 Å². The molecule has 20 heavy (non-hydrogen) atoms. The zero-order valence-corrected chi connectivity index (χ0v) is 11.6. The van der Waals surface area contributed by atoms with Crippen LogP contribution >= 0.6 is 0 Å². The number of hydrogen-bond donors (Lipinski definition) is 0. The Hall–Kier alpha value is -1.87. The fourth-order valence-electron chi connectivity index (χ4n) is 2.69. The van der Waals surface area contributed by atoms with E-state index in [1.54, 1.807) is 12.1 Å². The molecule has 1 heterocycles. The van der Waals surface area contributed by atoms with Crippen molar-refractivity contribution in [1.29, 1.82) is 0 Å². The highest BCUT2D eigenvalue weighted by molar-refractivity contribution is 5.34. The van der Waals surface area contributed by atoms with E-state index in [0.29, 0.717) is 0 Å². The van der Waals surface area contributed by atoms with Crippen LogP contribution in [0.1, 0.15) is 18.1 Å². The van der Waals surface area contributed by atoms with Gasteiger partial charge in [0.1, 0.15) is 17.7 Å². The zero-order valence-electron chi connectivity index (χ0n) is 11.6. The first kappa shape index (κ1) is 13.1. The Morgan fingerprint density at radius 3 is 2.90 bits per heavy atom. The lowest BCUT2D eigenvalue weighted by Crippen LogP contribution is -2.30. The van der Waals surface area contributed by atoms with Gasteiger partial charge in [0.2, 0.25) is 0 Å². The maximum atomic E-state index is 13.3. The number of halogens is 1. The topological polar surface area (TPSA) is 12.5 Å². The van der Waals surface area contributed by atoms with E-state index >= 15 is 0 Å². The molecule has 0 aliphatic carbocycles. The second-order valence-corrected chi connectivity index (χ2v) is 5.34. The van der Waals surface area contributed by atoms with Crippen molar-refractivity contribution in [1.82, 2.24) is 4.90 Å². The molecule has 1 atom stereocenters. The Bertz CT molecular complexity index is 599. The molecule has 0 radical (unpaired) electrons. The van der Waals surface area contributed by atoms with E-state index in [2.05, 4.69) is 17.9 Å². The number of para-hydroxylation sites is 1. The van der Waals surface area contributed by atoms with Gasteiger partial charge in [-0.1, -0.05) is 30.3 Å². The predicted molar refractivity (Wildman–Crippen MR) is 77.0 cm³/mol. The molecule has 2 nitrogen and oxygen atoms in total. The number of hydrogen-bond acceptors (Lipinski definition) is 2. The van der Waals surface area contributed by atoms with Gasteiger partial charge in [0.05, 0.1) is 0 Å². The SMILES string of the molecule is C[C@@H]1CN(Cc2cccc(F)c2)Cc2ccccc2O1. The van der Waals surface area contributed by atoms with E-state index in [1.165, 1.54) is 11.6 Å². The molecule has 3 rings (SSSR count).